The lowest BCUT2D eigenvalue weighted by Gasteiger charge is -2.10. The molecule has 0 aliphatic heterocycles. The average molecular weight is 415 g/mol. The van der Waals surface area contributed by atoms with Gasteiger partial charge in [0.05, 0.1) is 10.0 Å². The fourth-order valence-electron chi connectivity index (χ4n) is 2.37. The van der Waals surface area contributed by atoms with Crippen molar-refractivity contribution in [2.75, 3.05) is 17.2 Å². The quantitative estimate of drug-likeness (QED) is 0.577. The van der Waals surface area contributed by atoms with Crippen molar-refractivity contribution >= 4 is 46.4 Å². The third-order valence-electron chi connectivity index (χ3n) is 3.70. The zero-order valence-corrected chi connectivity index (χ0v) is 16.1. The van der Waals surface area contributed by atoms with Crippen LogP contribution < -0.4 is 15.4 Å². The van der Waals surface area contributed by atoms with Crippen LogP contribution in [0.5, 0.6) is 5.75 Å². The molecule has 28 heavy (non-hydrogen) atoms. The maximum Gasteiger partial charge on any atom is 0.262 e. The van der Waals surface area contributed by atoms with E-state index < -0.39 is 0 Å². The summed E-state index contributed by atoms with van der Waals surface area (Å²) in [5.74, 6) is -0.163. The summed E-state index contributed by atoms with van der Waals surface area (Å²) in [6.07, 6.45) is 0. The van der Waals surface area contributed by atoms with Crippen molar-refractivity contribution in [3.8, 4) is 5.75 Å². The van der Waals surface area contributed by atoms with Crippen molar-refractivity contribution in [3.63, 3.8) is 0 Å². The maximum atomic E-state index is 12.3. The van der Waals surface area contributed by atoms with E-state index in [2.05, 4.69) is 10.6 Å². The van der Waals surface area contributed by atoms with Crippen molar-refractivity contribution in [1.82, 2.24) is 0 Å². The highest BCUT2D eigenvalue weighted by Gasteiger charge is 2.10. The number of halogens is 2. The Hall–Kier alpha value is -3.02. The zero-order valence-electron chi connectivity index (χ0n) is 14.6. The van der Waals surface area contributed by atoms with Crippen LogP contribution in [0.3, 0.4) is 0 Å². The number of para-hydroxylation sites is 1. The molecule has 0 bridgehead atoms. The minimum Gasteiger partial charge on any atom is -0.484 e. The van der Waals surface area contributed by atoms with Crippen LogP contribution in [-0.2, 0) is 4.79 Å². The Labute approximate surface area is 172 Å². The van der Waals surface area contributed by atoms with Crippen LogP contribution in [0.1, 0.15) is 10.4 Å². The minimum absolute atomic E-state index is 0.154. The second-order valence-electron chi connectivity index (χ2n) is 5.81. The number of carbonyl (C=O) groups is 2. The normalized spacial score (nSPS) is 10.2. The van der Waals surface area contributed by atoms with Crippen molar-refractivity contribution in [2.45, 2.75) is 0 Å². The molecule has 0 aliphatic rings. The first-order valence-electron chi connectivity index (χ1n) is 8.35. The van der Waals surface area contributed by atoms with E-state index >= 15 is 0 Å². The standard InChI is InChI=1S/C21H16Cl2N2O3/c22-18-10-9-14(11-19(18)23)21(27)25-16-7-4-8-17(12-16)28-13-20(26)24-15-5-2-1-3-6-15/h1-12H,13H2,(H,24,26)(H,25,27). The van der Waals surface area contributed by atoms with Crippen molar-refractivity contribution < 1.29 is 14.3 Å². The number of carbonyl (C=O) groups excluding carboxylic acids is 2. The van der Waals surface area contributed by atoms with Gasteiger partial charge in [-0.2, -0.15) is 0 Å². The van der Waals surface area contributed by atoms with Crippen LogP contribution in [0.4, 0.5) is 11.4 Å². The molecule has 0 saturated heterocycles. The first-order chi connectivity index (χ1) is 13.5. The molecule has 0 unspecified atom stereocenters. The van der Waals surface area contributed by atoms with E-state index in [1.165, 1.54) is 6.07 Å². The molecule has 0 spiro atoms. The summed E-state index contributed by atoms with van der Waals surface area (Å²) in [4.78, 5) is 24.3. The van der Waals surface area contributed by atoms with Gasteiger partial charge in [-0.25, -0.2) is 0 Å². The highest BCUT2D eigenvalue weighted by molar-refractivity contribution is 6.42. The molecule has 3 aromatic carbocycles. The molecule has 2 N–H and O–H groups in total. The third kappa shape index (κ3) is 5.49. The SMILES string of the molecule is O=C(COc1cccc(NC(=O)c2ccc(Cl)c(Cl)c2)c1)Nc1ccccc1. The number of rotatable bonds is 6. The van der Waals surface area contributed by atoms with Gasteiger partial charge >= 0.3 is 0 Å². The highest BCUT2D eigenvalue weighted by atomic mass is 35.5. The van der Waals surface area contributed by atoms with Gasteiger partial charge in [0, 0.05) is 23.0 Å². The Bertz CT molecular complexity index is 994. The van der Waals surface area contributed by atoms with E-state index in [0.717, 1.165) is 0 Å². The Balaban J connectivity index is 1.58. The zero-order chi connectivity index (χ0) is 19.9. The molecule has 7 heteroatoms. The van der Waals surface area contributed by atoms with E-state index in [1.807, 2.05) is 18.2 Å². The molecule has 0 aromatic heterocycles. The molecule has 0 aliphatic carbocycles. The predicted molar refractivity (Wildman–Crippen MR) is 111 cm³/mol. The predicted octanol–water partition coefficient (Wildman–Crippen LogP) is 5.26. The number of benzene rings is 3. The summed E-state index contributed by atoms with van der Waals surface area (Å²) in [7, 11) is 0. The van der Waals surface area contributed by atoms with E-state index in [4.69, 9.17) is 27.9 Å². The Morgan fingerprint density at radius 2 is 1.54 bits per heavy atom. The highest BCUT2D eigenvalue weighted by Crippen LogP contribution is 2.24. The van der Waals surface area contributed by atoms with Gasteiger partial charge in [-0.1, -0.05) is 47.5 Å². The van der Waals surface area contributed by atoms with Crippen molar-refractivity contribution in [2.24, 2.45) is 0 Å². The summed E-state index contributed by atoms with van der Waals surface area (Å²) in [5.41, 5.74) is 1.60. The van der Waals surface area contributed by atoms with Gasteiger partial charge in [0.2, 0.25) is 0 Å². The molecular weight excluding hydrogens is 399 g/mol. The van der Waals surface area contributed by atoms with E-state index in [1.54, 1.807) is 48.5 Å². The number of hydrogen-bond acceptors (Lipinski definition) is 3. The molecule has 3 rings (SSSR count). The fourth-order valence-corrected chi connectivity index (χ4v) is 2.67. The first-order valence-corrected chi connectivity index (χ1v) is 9.11. The lowest BCUT2D eigenvalue weighted by atomic mass is 10.2. The molecular formula is C21H16Cl2N2O3. The van der Waals surface area contributed by atoms with Gasteiger partial charge in [0.25, 0.3) is 11.8 Å². The summed E-state index contributed by atoms with van der Waals surface area (Å²) < 4.78 is 5.50. The molecule has 0 fully saturated rings. The summed E-state index contributed by atoms with van der Waals surface area (Å²) in [6, 6.07) is 20.5. The number of ether oxygens (including phenoxy) is 1. The van der Waals surface area contributed by atoms with Crippen LogP contribution in [0.25, 0.3) is 0 Å². The second-order valence-corrected chi connectivity index (χ2v) is 6.63. The lowest BCUT2D eigenvalue weighted by Crippen LogP contribution is -2.20. The molecule has 0 atom stereocenters. The van der Waals surface area contributed by atoms with Crippen LogP contribution in [0.15, 0.2) is 72.8 Å². The second kappa shape index (κ2) is 9.26. The third-order valence-corrected chi connectivity index (χ3v) is 4.44. The molecule has 3 aromatic rings. The molecule has 0 radical (unpaired) electrons. The van der Waals surface area contributed by atoms with Gasteiger partial charge in [0.1, 0.15) is 5.75 Å². The first kappa shape index (κ1) is 19.7. The summed E-state index contributed by atoms with van der Waals surface area (Å²) in [6.45, 7) is -0.154. The lowest BCUT2D eigenvalue weighted by molar-refractivity contribution is -0.118. The van der Waals surface area contributed by atoms with Crippen LogP contribution in [0, 0.1) is 0 Å². The van der Waals surface area contributed by atoms with Crippen molar-refractivity contribution in [3.05, 3.63) is 88.4 Å². The fraction of sp³-hybridized carbons (Fsp3) is 0.0476. The number of nitrogens with one attached hydrogen (secondary N) is 2. The van der Waals surface area contributed by atoms with E-state index in [9.17, 15) is 9.59 Å². The van der Waals surface area contributed by atoms with Gasteiger partial charge in [-0.05, 0) is 42.5 Å². The smallest absolute Gasteiger partial charge is 0.262 e. The van der Waals surface area contributed by atoms with Crippen molar-refractivity contribution in [1.29, 1.82) is 0 Å². The maximum absolute atomic E-state index is 12.3. The van der Waals surface area contributed by atoms with Crippen LogP contribution in [-0.4, -0.2) is 18.4 Å². The minimum atomic E-state index is -0.336. The molecule has 5 nitrogen and oxygen atoms in total. The summed E-state index contributed by atoms with van der Waals surface area (Å²) >= 11 is 11.8. The average Bonchev–Trinajstić information content (AvgIpc) is 2.69. The van der Waals surface area contributed by atoms with Gasteiger partial charge in [0.15, 0.2) is 6.61 Å². The topological polar surface area (TPSA) is 67.4 Å². The van der Waals surface area contributed by atoms with Crippen LogP contribution in [0.2, 0.25) is 10.0 Å². The molecule has 142 valence electrons. The molecule has 0 heterocycles. The Morgan fingerprint density at radius 3 is 2.29 bits per heavy atom. The largest absolute Gasteiger partial charge is 0.484 e. The van der Waals surface area contributed by atoms with Crippen LogP contribution >= 0.6 is 23.2 Å². The number of anilines is 2. The van der Waals surface area contributed by atoms with Gasteiger partial charge < -0.3 is 15.4 Å². The number of amides is 2. The number of hydrogen-bond donors (Lipinski definition) is 2. The Morgan fingerprint density at radius 1 is 0.786 bits per heavy atom. The summed E-state index contributed by atoms with van der Waals surface area (Å²) in [5, 5.41) is 6.16. The van der Waals surface area contributed by atoms with Gasteiger partial charge in [-0.3, -0.25) is 9.59 Å². The van der Waals surface area contributed by atoms with E-state index in [-0.39, 0.29) is 18.4 Å². The van der Waals surface area contributed by atoms with Gasteiger partial charge in [-0.15, -0.1) is 0 Å². The Kier molecular flexibility index (Phi) is 6.53. The van der Waals surface area contributed by atoms with E-state index in [0.29, 0.717) is 32.7 Å². The molecule has 2 amide bonds. The monoisotopic (exact) mass is 414 g/mol. The molecule has 0 saturated carbocycles.